The lowest BCUT2D eigenvalue weighted by molar-refractivity contribution is 1.02. The molecule has 0 amide bonds. The van der Waals surface area contributed by atoms with Crippen molar-refractivity contribution in [2.45, 2.75) is 0 Å². The molecule has 0 aliphatic carbocycles. The fourth-order valence-corrected chi connectivity index (χ4v) is 6.36. The molecule has 0 aliphatic rings. The summed E-state index contributed by atoms with van der Waals surface area (Å²) in [6.45, 7) is 0. The summed E-state index contributed by atoms with van der Waals surface area (Å²) in [6, 6.07) is 59.0. The van der Waals surface area contributed by atoms with Gasteiger partial charge in [-0.1, -0.05) is 103 Å². The molecule has 0 saturated heterocycles. The van der Waals surface area contributed by atoms with Crippen LogP contribution in [0.3, 0.4) is 0 Å². The second kappa shape index (κ2) is 10.3. The number of fused-ring (bicyclic) bond motifs is 4. The number of aryl methyl sites for hydroxylation is 1. The molecule has 0 bridgehead atoms. The van der Waals surface area contributed by atoms with Crippen LogP contribution in [0.5, 0.6) is 0 Å². The predicted octanol–water partition coefficient (Wildman–Crippen LogP) is 11.3. The maximum absolute atomic E-state index is 2.35. The van der Waals surface area contributed by atoms with Crippen LogP contribution < -0.4 is 4.90 Å². The molecule has 1 aromatic heterocycles. The summed E-state index contributed by atoms with van der Waals surface area (Å²) in [5, 5.41) is 5.13. The average molecular weight is 551 g/mol. The Bertz CT molecular complexity index is 2230. The van der Waals surface area contributed by atoms with Crippen LogP contribution in [0.1, 0.15) is 0 Å². The molecular weight excluding hydrogens is 520 g/mol. The molecule has 2 heteroatoms. The minimum atomic E-state index is 1.12. The molecule has 0 unspecified atom stereocenters. The van der Waals surface area contributed by atoms with Crippen LogP contribution in [-0.4, -0.2) is 4.57 Å². The lowest BCUT2D eigenvalue weighted by Crippen LogP contribution is -2.09. The Labute approximate surface area is 251 Å². The van der Waals surface area contributed by atoms with E-state index in [1.165, 1.54) is 54.8 Å². The molecule has 0 fully saturated rings. The second-order valence-corrected chi connectivity index (χ2v) is 11.1. The summed E-state index contributed by atoms with van der Waals surface area (Å²) in [5.41, 5.74) is 10.7. The number of hydrogen-bond acceptors (Lipinski definition) is 1. The van der Waals surface area contributed by atoms with Gasteiger partial charge in [-0.2, -0.15) is 0 Å². The van der Waals surface area contributed by atoms with Crippen molar-refractivity contribution in [3.63, 3.8) is 0 Å². The van der Waals surface area contributed by atoms with Gasteiger partial charge < -0.3 is 9.47 Å². The third-order valence-corrected chi connectivity index (χ3v) is 8.56. The Hall–Kier alpha value is -5.60. The molecule has 0 atom stereocenters. The molecule has 2 nitrogen and oxygen atoms in total. The summed E-state index contributed by atoms with van der Waals surface area (Å²) in [4.78, 5) is 2.33. The van der Waals surface area contributed by atoms with Crippen molar-refractivity contribution in [3.05, 3.63) is 164 Å². The van der Waals surface area contributed by atoms with Gasteiger partial charge in [0.2, 0.25) is 0 Å². The first kappa shape index (κ1) is 25.1. The van der Waals surface area contributed by atoms with E-state index in [0.717, 1.165) is 17.1 Å². The van der Waals surface area contributed by atoms with E-state index in [1.54, 1.807) is 0 Å². The zero-order chi connectivity index (χ0) is 28.8. The van der Waals surface area contributed by atoms with Crippen LogP contribution >= 0.6 is 0 Å². The number of para-hydroxylation sites is 1. The molecule has 1 heterocycles. The van der Waals surface area contributed by atoms with Gasteiger partial charge in [-0.15, -0.1) is 0 Å². The zero-order valence-electron chi connectivity index (χ0n) is 24.0. The Balaban J connectivity index is 1.20. The molecule has 0 N–H and O–H groups in total. The Morgan fingerprint density at radius 1 is 0.372 bits per heavy atom. The predicted molar refractivity (Wildman–Crippen MR) is 183 cm³/mol. The first-order valence-corrected chi connectivity index (χ1v) is 14.7. The van der Waals surface area contributed by atoms with Crippen LogP contribution in [0, 0.1) is 0 Å². The summed E-state index contributed by atoms with van der Waals surface area (Å²) in [6.07, 6.45) is 0. The monoisotopic (exact) mass is 550 g/mol. The highest BCUT2D eigenvalue weighted by Gasteiger charge is 2.15. The summed E-state index contributed by atoms with van der Waals surface area (Å²) in [7, 11) is 2.17. The molecular formula is C41H30N2. The molecule has 0 radical (unpaired) electrons. The average Bonchev–Trinajstić information content (AvgIpc) is 3.35. The van der Waals surface area contributed by atoms with Crippen molar-refractivity contribution >= 4 is 49.6 Å². The SMILES string of the molecule is Cn1c2ccc(-c3ccc(N(c4ccccc4)c4cccc(-c5ccccc5)c4)cc3)cc2c2cc3ccccc3cc21. The van der Waals surface area contributed by atoms with Crippen LogP contribution in [0.15, 0.2) is 164 Å². The van der Waals surface area contributed by atoms with Crippen LogP contribution in [0.2, 0.25) is 0 Å². The minimum absolute atomic E-state index is 1.12. The first-order valence-electron chi connectivity index (χ1n) is 14.7. The van der Waals surface area contributed by atoms with E-state index in [9.17, 15) is 0 Å². The first-order chi connectivity index (χ1) is 21.2. The second-order valence-electron chi connectivity index (χ2n) is 11.1. The highest BCUT2D eigenvalue weighted by molar-refractivity contribution is 6.13. The van der Waals surface area contributed by atoms with Gasteiger partial charge in [0.05, 0.1) is 0 Å². The molecule has 0 spiro atoms. The van der Waals surface area contributed by atoms with Crippen molar-refractivity contribution in [1.29, 1.82) is 0 Å². The van der Waals surface area contributed by atoms with Crippen molar-refractivity contribution in [2.75, 3.05) is 4.90 Å². The van der Waals surface area contributed by atoms with E-state index in [1.807, 2.05) is 0 Å². The molecule has 7 aromatic carbocycles. The summed E-state index contributed by atoms with van der Waals surface area (Å²) in [5.74, 6) is 0. The van der Waals surface area contributed by atoms with E-state index in [4.69, 9.17) is 0 Å². The highest BCUT2D eigenvalue weighted by Crippen LogP contribution is 2.38. The number of anilines is 3. The third-order valence-electron chi connectivity index (χ3n) is 8.56. The van der Waals surface area contributed by atoms with Gasteiger partial charge in [-0.05, 0) is 93.7 Å². The smallest absolute Gasteiger partial charge is 0.0495 e. The zero-order valence-corrected chi connectivity index (χ0v) is 24.0. The lowest BCUT2D eigenvalue weighted by Gasteiger charge is -2.26. The largest absolute Gasteiger partial charge is 0.344 e. The van der Waals surface area contributed by atoms with Crippen LogP contribution in [-0.2, 0) is 7.05 Å². The minimum Gasteiger partial charge on any atom is -0.344 e. The van der Waals surface area contributed by atoms with E-state index in [2.05, 4.69) is 180 Å². The topological polar surface area (TPSA) is 8.17 Å². The maximum Gasteiger partial charge on any atom is 0.0495 e. The van der Waals surface area contributed by atoms with E-state index < -0.39 is 0 Å². The van der Waals surface area contributed by atoms with Gasteiger partial charge in [-0.3, -0.25) is 0 Å². The Morgan fingerprint density at radius 2 is 0.907 bits per heavy atom. The summed E-state index contributed by atoms with van der Waals surface area (Å²) < 4.78 is 2.31. The van der Waals surface area contributed by atoms with Gasteiger partial charge in [-0.25, -0.2) is 0 Å². The molecule has 8 rings (SSSR count). The molecule has 8 aromatic rings. The number of nitrogens with zero attached hydrogens (tertiary/aromatic N) is 2. The maximum atomic E-state index is 2.35. The number of rotatable bonds is 5. The summed E-state index contributed by atoms with van der Waals surface area (Å²) >= 11 is 0. The van der Waals surface area contributed by atoms with Crippen molar-refractivity contribution < 1.29 is 0 Å². The van der Waals surface area contributed by atoms with Gasteiger partial charge in [0.1, 0.15) is 0 Å². The number of benzene rings is 7. The van der Waals surface area contributed by atoms with E-state index in [-0.39, 0.29) is 0 Å². The van der Waals surface area contributed by atoms with Gasteiger partial charge in [0, 0.05) is 45.9 Å². The van der Waals surface area contributed by atoms with Crippen LogP contribution in [0.25, 0.3) is 54.8 Å². The van der Waals surface area contributed by atoms with Gasteiger partial charge in [0.15, 0.2) is 0 Å². The standard InChI is InChI=1S/C41H30N2/c1-42-40-24-21-34(27-38(40)39-26-32-13-8-9-14-33(32)28-41(39)42)30-19-22-36(23-20-30)43(35-16-6-3-7-17-35)37-18-10-15-31(25-37)29-11-4-2-5-12-29/h2-28H,1H3. The Morgan fingerprint density at radius 3 is 1.67 bits per heavy atom. The normalized spacial score (nSPS) is 11.4. The third kappa shape index (κ3) is 4.45. The van der Waals surface area contributed by atoms with E-state index in [0.29, 0.717) is 0 Å². The Kier molecular flexibility index (Phi) is 6.05. The molecule has 0 saturated carbocycles. The lowest BCUT2D eigenvalue weighted by atomic mass is 10.0. The fraction of sp³-hybridized carbons (Fsp3) is 0.0244. The van der Waals surface area contributed by atoms with Crippen LogP contribution in [0.4, 0.5) is 17.1 Å². The van der Waals surface area contributed by atoms with Gasteiger partial charge in [0.25, 0.3) is 0 Å². The fourth-order valence-electron chi connectivity index (χ4n) is 6.36. The van der Waals surface area contributed by atoms with Crippen molar-refractivity contribution in [1.82, 2.24) is 4.57 Å². The van der Waals surface area contributed by atoms with Gasteiger partial charge >= 0.3 is 0 Å². The quantitative estimate of drug-likeness (QED) is 0.207. The number of hydrogen-bond donors (Lipinski definition) is 0. The molecule has 204 valence electrons. The molecule has 0 aliphatic heterocycles. The number of aromatic nitrogens is 1. The van der Waals surface area contributed by atoms with E-state index >= 15 is 0 Å². The highest BCUT2D eigenvalue weighted by atomic mass is 15.1. The van der Waals surface area contributed by atoms with Crippen molar-refractivity contribution in [2.24, 2.45) is 7.05 Å². The van der Waals surface area contributed by atoms with Crippen molar-refractivity contribution in [3.8, 4) is 22.3 Å². The molecule has 43 heavy (non-hydrogen) atoms.